The maximum atomic E-state index is 12.9. The Bertz CT molecular complexity index is 1850. The van der Waals surface area contributed by atoms with Crippen LogP contribution in [0.15, 0.2) is 24.3 Å². The van der Waals surface area contributed by atoms with Crippen LogP contribution in [0.5, 0.6) is 0 Å². The molecule has 14 heteroatoms. The highest BCUT2D eigenvalue weighted by Gasteiger charge is 2.41. The number of rotatable bonds is 11. The lowest BCUT2D eigenvalue weighted by atomic mass is 9.76. The van der Waals surface area contributed by atoms with Gasteiger partial charge in [0.05, 0.1) is 46.1 Å². The van der Waals surface area contributed by atoms with Gasteiger partial charge in [0.2, 0.25) is 0 Å². The number of aliphatic hydroxyl groups is 1. The SMILES string of the molecule is CCc1nn(C[C@@H](C)CO)c2c1C(=O)NCC1(CCOCC1)C2.CCc1nn(C[C@@H](C)COC(=O)c2ccc(C=O)cc2)c2c1C(=O)NCC1(CCOCC1)C2. The van der Waals surface area contributed by atoms with Crippen LogP contribution < -0.4 is 10.6 Å². The maximum absolute atomic E-state index is 12.9. The maximum Gasteiger partial charge on any atom is 0.338 e. The second-order valence-electron chi connectivity index (χ2n) is 16.3. The van der Waals surface area contributed by atoms with Crippen molar-refractivity contribution in [3.8, 4) is 0 Å². The summed E-state index contributed by atoms with van der Waals surface area (Å²) in [5.41, 5.74) is 6.16. The summed E-state index contributed by atoms with van der Waals surface area (Å²) in [5, 5.41) is 25.1. The van der Waals surface area contributed by atoms with Crippen LogP contribution in [0.1, 0.15) is 118 Å². The number of ether oxygens (including phenoxy) is 3. The summed E-state index contributed by atoms with van der Waals surface area (Å²) in [5.74, 6) is -0.333. The van der Waals surface area contributed by atoms with E-state index in [0.29, 0.717) is 62.5 Å². The molecular weight excluding hydrogens is 716 g/mol. The molecular formula is C42H58N6O8. The number of benzene rings is 1. The zero-order valence-corrected chi connectivity index (χ0v) is 33.4. The molecule has 0 bridgehead atoms. The van der Waals surface area contributed by atoms with E-state index in [1.54, 1.807) is 24.3 Å². The lowest BCUT2D eigenvalue weighted by molar-refractivity contribution is 0.0150. The molecule has 0 unspecified atom stereocenters. The zero-order valence-electron chi connectivity index (χ0n) is 33.4. The molecule has 2 fully saturated rings. The first-order valence-electron chi connectivity index (χ1n) is 20.3. The Labute approximate surface area is 329 Å². The summed E-state index contributed by atoms with van der Waals surface area (Å²) in [7, 11) is 0. The first kappa shape index (κ1) is 41.2. The first-order valence-corrected chi connectivity index (χ1v) is 20.3. The van der Waals surface area contributed by atoms with Gasteiger partial charge in [-0.15, -0.1) is 0 Å². The van der Waals surface area contributed by atoms with Crippen LogP contribution in [-0.4, -0.2) is 101 Å². The van der Waals surface area contributed by atoms with Crippen molar-refractivity contribution in [1.29, 1.82) is 0 Å². The average molecular weight is 775 g/mol. The average Bonchev–Trinajstić information content (AvgIpc) is 3.64. The van der Waals surface area contributed by atoms with Crippen molar-refractivity contribution < 1.29 is 38.5 Å². The Hall–Kier alpha value is -4.40. The van der Waals surface area contributed by atoms with Crippen LogP contribution in [0.3, 0.4) is 0 Å². The van der Waals surface area contributed by atoms with Crippen molar-refractivity contribution in [3.05, 3.63) is 69.3 Å². The Morgan fingerprint density at radius 2 is 1.29 bits per heavy atom. The van der Waals surface area contributed by atoms with Crippen molar-refractivity contribution >= 4 is 24.1 Å². The van der Waals surface area contributed by atoms with Gasteiger partial charge in [0.25, 0.3) is 11.8 Å². The van der Waals surface area contributed by atoms with Gasteiger partial charge >= 0.3 is 5.97 Å². The highest BCUT2D eigenvalue weighted by atomic mass is 16.5. The fourth-order valence-corrected chi connectivity index (χ4v) is 8.35. The second-order valence-corrected chi connectivity index (χ2v) is 16.3. The summed E-state index contributed by atoms with van der Waals surface area (Å²) in [4.78, 5) is 48.7. The summed E-state index contributed by atoms with van der Waals surface area (Å²) in [6.45, 7) is 13.9. The van der Waals surface area contributed by atoms with Crippen molar-refractivity contribution in [2.24, 2.45) is 22.7 Å². The molecule has 6 heterocycles. The van der Waals surface area contributed by atoms with Gasteiger partial charge in [0, 0.05) is 70.7 Å². The van der Waals surface area contributed by atoms with Gasteiger partial charge in [-0.25, -0.2) is 4.79 Å². The molecule has 0 aliphatic carbocycles. The number of nitrogens with one attached hydrogen (secondary N) is 2. The Balaban J connectivity index is 0.000000202. The number of carbonyl (C=O) groups excluding carboxylic acids is 4. The van der Waals surface area contributed by atoms with E-state index in [2.05, 4.69) is 15.7 Å². The van der Waals surface area contributed by atoms with Crippen LogP contribution in [0.2, 0.25) is 0 Å². The largest absolute Gasteiger partial charge is 0.462 e. The van der Waals surface area contributed by atoms with Crippen LogP contribution in [0, 0.1) is 22.7 Å². The number of aldehydes is 1. The van der Waals surface area contributed by atoms with E-state index in [9.17, 15) is 24.3 Å². The quantitative estimate of drug-likeness (QED) is 0.191. The monoisotopic (exact) mass is 774 g/mol. The molecule has 1 aromatic carbocycles. The van der Waals surface area contributed by atoms with Crippen molar-refractivity contribution in [3.63, 3.8) is 0 Å². The molecule has 7 rings (SSSR count). The van der Waals surface area contributed by atoms with E-state index >= 15 is 0 Å². The number of amides is 2. The van der Waals surface area contributed by atoms with E-state index < -0.39 is 5.97 Å². The molecule has 2 atom stereocenters. The number of nitrogens with zero attached hydrogens (tertiary/aromatic N) is 4. The van der Waals surface area contributed by atoms with Crippen LogP contribution in [0.4, 0.5) is 0 Å². The molecule has 2 aromatic heterocycles. The van der Waals surface area contributed by atoms with Crippen LogP contribution >= 0.6 is 0 Å². The third-order valence-electron chi connectivity index (χ3n) is 11.9. The predicted octanol–water partition coefficient (Wildman–Crippen LogP) is 3.99. The molecule has 14 nitrogen and oxygen atoms in total. The number of fused-ring (bicyclic) bond motifs is 2. The molecule has 4 aliphatic heterocycles. The predicted molar refractivity (Wildman–Crippen MR) is 208 cm³/mol. The van der Waals surface area contributed by atoms with Gasteiger partial charge in [0.15, 0.2) is 0 Å². The van der Waals surface area contributed by atoms with Crippen molar-refractivity contribution in [1.82, 2.24) is 30.2 Å². The second kappa shape index (κ2) is 18.2. The van der Waals surface area contributed by atoms with E-state index in [1.807, 2.05) is 37.1 Å². The third-order valence-corrected chi connectivity index (χ3v) is 11.9. The summed E-state index contributed by atoms with van der Waals surface area (Å²) < 4.78 is 20.5. The number of hydrogen-bond acceptors (Lipinski definition) is 10. The standard InChI is InChI=1S/C25H31N3O5.C17H27N3O3/c1-3-20-22-21(12-25(16-26-23(22)30)8-10-32-11-9-25)28(27-20)13-17(2)15-33-24(31)19-6-4-18(14-29)5-7-19;1-3-13-15-14(20(19-13)9-12(2)10-21)8-17(11-18-16(15)22)4-6-23-7-5-17/h4-7,14,17H,3,8-13,15-16H2,1-2H3,(H,26,30);12,21H,3-11H2,1-2H3,(H,18,22)/t17-;12-/m11/s1. The molecule has 3 aromatic rings. The minimum atomic E-state index is -0.423. The van der Waals surface area contributed by atoms with Crippen molar-refractivity contribution in [2.45, 2.75) is 92.2 Å². The lowest BCUT2D eigenvalue weighted by Gasteiger charge is -2.36. The molecule has 4 aliphatic rings. The van der Waals surface area contributed by atoms with Gasteiger partial charge in [-0.2, -0.15) is 10.2 Å². The molecule has 0 radical (unpaired) electrons. The Morgan fingerprint density at radius 3 is 1.71 bits per heavy atom. The Kier molecular flexibility index (Phi) is 13.4. The van der Waals surface area contributed by atoms with E-state index in [-0.39, 0.29) is 47.7 Å². The van der Waals surface area contributed by atoms with Gasteiger partial charge in [-0.1, -0.05) is 39.8 Å². The molecule has 2 saturated heterocycles. The number of aryl methyl sites for hydroxylation is 2. The third kappa shape index (κ3) is 9.24. The molecule has 304 valence electrons. The van der Waals surface area contributed by atoms with Crippen LogP contribution in [0.25, 0.3) is 0 Å². The number of carbonyl (C=O) groups is 4. The zero-order chi connectivity index (χ0) is 39.9. The molecule has 56 heavy (non-hydrogen) atoms. The molecule has 2 amide bonds. The van der Waals surface area contributed by atoms with E-state index in [1.165, 1.54) is 0 Å². The van der Waals surface area contributed by atoms with E-state index in [4.69, 9.17) is 19.3 Å². The molecule has 0 saturated carbocycles. The fraction of sp³-hybridized carbons (Fsp3) is 0.619. The molecule has 2 spiro atoms. The number of aliphatic hydroxyl groups excluding tert-OH is 1. The van der Waals surface area contributed by atoms with Gasteiger partial charge < -0.3 is 30.0 Å². The topological polar surface area (TPSA) is 176 Å². The first-order chi connectivity index (χ1) is 27.0. The minimum absolute atomic E-state index is 0.00289. The van der Waals surface area contributed by atoms with Gasteiger partial charge in [-0.3, -0.25) is 23.7 Å². The normalized spacial score (nSPS) is 19.6. The smallest absolute Gasteiger partial charge is 0.338 e. The highest BCUT2D eigenvalue weighted by molar-refractivity contribution is 5.97. The van der Waals surface area contributed by atoms with Gasteiger partial charge in [0.1, 0.15) is 6.29 Å². The lowest BCUT2D eigenvalue weighted by Crippen LogP contribution is -2.41. The number of aromatic nitrogens is 4. The summed E-state index contributed by atoms with van der Waals surface area (Å²) >= 11 is 0. The van der Waals surface area contributed by atoms with Crippen molar-refractivity contribution in [2.75, 3.05) is 52.7 Å². The summed E-state index contributed by atoms with van der Waals surface area (Å²) in [6, 6.07) is 6.36. The van der Waals surface area contributed by atoms with Crippen LogP contribution in [-0.2, 0) is 53.0 Å². The Morgan fingerprint density at radius 1 is 0.821 bits per heavy atom. The fourth-order valence-electron chi connectivity index (χ4n) is 8.35. The van der Waals surface area contributed by atoms with Gasteiger partial charge in [-0.05, 0) is 80.2 Å². The highest BCUT2D eigenvalue weighted by Crippen LogP contribution is 2.39. The van der Waals surface area contributed by atoms with E-state index in [0.717, 1.165) is 92.8 Å². The minimum Gasteiger partial charge on any atom is -0.462 e. The number of esters is 1. The summed E-state index contributed by atoms with van der Waals surface area (Å²) in [6.07, 6.45) is 7.56. The number of hydrogen-bond donors (Lipinski definition) is 3. The molecule has 3 N–H and O–H groups in total.